The van der Waals surface area contributed by atoms with Gasteiger partial charge in [0.15, 0.2) is 11.5 Å². The smallest absolute Gasteiger partial charge is 0.294 e. The van der Waals surface area contributed by atoms with E-state index in [0.29, 0.717) is 11.4 Å². The van der Waals surface area contributed by atoms with Gasteiger partial charge in [0, 0.05) is 18.2 Å². The van der Waals surface area contributed by atoms with Gasteiger partial charge in [0.25, 0.3) is 5.91 Å². The van der Waals surface area contributed by atoms with Crippen LogP contribution < -0.4 is 9.64 Å². The van der Waals surface area contributed by atoms with Gasteiger partial charge in [0.05, 0.1) is 18.7 Å². The highest BCUT2D eigenvalue weighted by molar-refractivity contribution is 6.16. The number of hydrogen-bond acceptors (Lipinski definition) is 4. The molecule has 3 rings (SSSR count). The lowest BCUT2D eigenvalue weighted by Gasteiger charge is -2.27. The minimum atomic E-state index is -0.675. The van der Waals surface area contributed by atoms with Crippen LogP contribution in [0.3, 0.4) is 0 Å². The quantitative estimate of drug-likeness (QED) is 0.801. The summed E-state index contributed by atoms with van der Waals surface area (Å²) in [5, 5.41) is 10.6. The molecule has 0 aliphatic carbocycles. The lowest BCUT2D eigenvalue weighted by atomic mass is 9.91. The number of rotatable bonds is 6. The van der Waals surface area contributed by atoms with E-state index < -0.39 is 17.7 Å². The second-order valence-corrected chi connectivity index (χ2v) is 7.48. The summed E-state index contributed by atoms with van der Waals surface area (Å²) >= 11 is 0. The third kappa shape index (κ3) is 3.65. The molecule has 1 aliphatic heterocycles. The van der Waals surface area contributed by atoms with Gasteiger partial charge in [-0.2, -0.15) is 0 Å². The molecule has 5 heteroatoms. The molecule has 0 saturated heterocycles. The van der Waals surface area contributed by atoms with Crippen LogP contribution in [0.25, 0.3) is 0 Å². The van der Waals surface area contributed by atoms with Crippen molar-refractivity contribution in [1.29, 1.82) is 0 Å². The molecule has 0 saturated carbocycles. The Morgan fingerprint density at radius 1 is 1.18 bits per heavy atom. The van der Waals surface area contributed by atoms with E-state index in [1.54, 1.807) is 31.4 Å². The summed E-state index contributed by atoms with van der Waals surface area (Å²) in [6.45, 7) is 5.83. The van der Waals surface area contributed by atoms with E-state index in [1.165, 1.54) is 4.90 Å². The molecule has 1 amide bonds. The first-order chi connectivity index (χ1) is 13.3. The maximum Gasteiger partial charge on any atom is 0.294 e. The Morgan fingerprint density at radius 3 is 2.54 bits per heavy atom. The van der Waals surface area contributed by atoms with Crippen LogP contribution in [-0.4, -0.2) is 23.9 Å². The summed E-state index contributed by atoms with van der Waals surface area (Å²) in [4.78, 5) is 27.4. The molecule has 0 fully saturated rings. The molecule has 0 bridgehead atoms. The van der Waals surface area contributed by atoms with Crippen LogP contribution in [0.5, 0.6) is 5.75 Å². The molecular weight excluding hydrogens is 354 g/mol. The maximum atomic E-state index is 13.0. The lowest BCUT2D eigenvalue weighted by molar-refractivity contribution is -0.118. The number of nitrogens with zero attached hydrogens (tertiary/aromatic N) is 1. The van der Waals surface area contributed by atoms with Crippen LogP contribution >= 0.6 is 0 Å². The third-order valence-corrected chi connectivity index (χ3v) is 4.79. The van der Waals surface area contributed by atoms with Gasteiger partial charge in [-0.25, -0.2) is 0 Å². The molecule has 1 aliphatic rings. The number of ether oxygens (including phenoxy) is 1. The molecule has 5 nitrogen and oxygen atoms in total. The van der Waals surface area contributed by atoms with Crippen molar-refractivity contribution < 1.29 is 19.4 Å². The highest BCUT2D eigenvalue weighted by atomic mass is 16.5. The average Bonchev–Trinajstić information content (AvgIpc) is 2.92. The number of carbonyl (C=O) groups is 2. The molecule has 2 aromatic rings. The van der Waals surface area contributed by atoms with Crippen LogP contribution in [0.2, 0.25) is 0 Å². The SMILES string of the molecule is COc1cccc(N2C(=O)C(O)=C(C(=O)CC(C)C)C2c2cccc(C)c2)c1. The molecule has 0 spiro atoms. The van der Waals surface area contributed by atoms with Gasteiger partial charge in [-0.3, -0.25) is 14.5 Å². The summed E-state index contributed by atoms with van der Waals surface area (Å²) in [6, 6.07) is 14.0. The van der Waals surface area contributed by atoms with Crippen LogP contribution in [0, 0.1) is 12.8 Å². The van der Waals surface area contributed by atoms with Gasteiger partial charge in [0.2, 0.25) is 0 Å². The number of aliphatic hydroxyl groups is 1. The molecular formula is C23H25NO4. The minimum absolute atomic E-state index is 0.118. The number of aliphatic hydroxyl groups excluding tert-OH is 1. The average molecular weight is 379 g/mol. The zero-order valence-corrected chi connectivity index (χ0v) is 16.6. The van der Waals surface area contributed by atoms with Gasteiger partial charge in [-0.1, -0.05) is 49.7 Å². The molecule has 2 aromatic carbocycles. The van der Waals surface area contributed by atoms with Crippen molar-refractivity contribution in [2.75, 3.05) is 12.0 Å². The summed E-state index contributed by atoms with van der Waals surface area (Å²) in [7, 11) is 1.55. The number of ketones is 1. The topological polar surface area (TPSA) is 66.8 Å². The molecule has 0 aromatic heterocycles. The maximum absolute atomic E-state index is 13.0. The Kier molecular flexibility index (Phi) is 5.54. The van der Waals surface area contributed by atoms with E-state index in [-0.39, 0.29) is 23.7 Å². The standard InChI is InChI=1S/C23H25NO4/c1-14(2)11-19(25)20-21(16-8-5-7-15(3)12-16)24(23(27)22(20)26)17-9-6-10-18(13-17)28-4/h5-10,12-14,21,26H,11H2,1-4H3. The van der Waals surface area contributed by atoms with Crippen molar-refractivity contribution in [3.8, 4) is 5.75 Å². The Balaban J connectivity index is 2.16. The number of carbonyl (C=O) groups excluding carboxylic acids is 2. The fraction of sp³-hybridized carbons (Fsp3) is 0.304. The van der Waals surface area contributed by atoms with Crippen LogP contribution in [0.4, 0.5) is 5.69 Å². The zero-order chi connectivity index (χ0) is 20.4. The Bertz CT molecular complexity index is 945. The predicted octanol–water partition coefficient (Wildman–Crippen LogP) is 4.52. The number of hydrogen-bond donors (Lipinski definition) is 1. The van der Waals surface area contributed by atoms with E-state index in [0.717, 1.165) is 11.1 Å². The summed E-state index contributed by atoms with van der Waals surface area (Å²) in [6.07, 6.45) is 0.265. The van der Waals surface area contributed by atoms with Gasteiger partial charge in [-0.15, -0.1) is 0 Å². The number of Topliss-reactive ketones (excluding diaryl/α,β-unsaturated/α-hetero) is 1. The second-order valence-electron chi connectivity index (χ2n) is 7.48. The van der Waals surface area contributed by atoms with Gasteiger partial charge >= 0.3 is 0 Å². The molecule has 1 unspecified atom stereocenters. The fourth-order valence-electron chi connectivity index (χ4n) is 3.55. The van der Waals surface area contributed by atoms with Gasteiger partial charge < -0.3 is 9.84 Å². The Labute approximate surface area is 165 Å². The van der Waals surface area contributed by atoms with E-state index in [1.807, 2.05) is 45.0 Å². The number of methoxy groups -OCH3 is 1. The molecule has 146 valence electrons. The molecule has 1 N–H and O–H groups in total. The molecule has 1 heterocycles. The first-order valence-electron chi connectivity index (χ1n) is 9.34. The largest absolute Gasteiger partial charge is 0.503 e. The third-order valence-electron chi connectivity index (χ3n) is 4.79. The highest BCUT2D eigenvalue weighted by Gasteiger charge is 2.44. The van der Waals surface area contributed by atoms with Crippen molar-refractivity contribution in [3.63, 3.8) is 0 Å². The molecule has 0 radical (unpaired) electrons. The van der Waals surface area contributed by atoms with E-state index >= 15 is 0 Å². The van der Waals surface area contributed by atoms with Crippen LogP contribution in [0.1, 0.15) is 37.4 Å². The van der Waals surface area contributed by atoms with Crippen molar-refractivity contribution in [2.45, 2.75) is 33.2 Å². The predicted molar refractivity (Wildman–Crippen MR) is 109 cm³/mol. The summed E-state index contributed by atoms with van der Waals surface area (Å²) < 4.78 is 5.28. The molecule has 28 heavy (non-hydrogen) atoms. The number of anilines is 1. The summed E-state index contributed by atoms with van der Waals surface area (Å²) in [5.74, 6) is -0.550. The minimum Gasteiger partial charge on any atom is -0.503 e. The van der Waals surface area contributed by atoms with Crippen LogP contribution in [0.15, 0.2) is 59.9 Å². The Morgan fingerprint density at radius 2 is 1.89 bits per heavy atom. The Hall–Kier alpha value is -3.08. The number of amides is 1. The van der Waals surface area contributed by atoms with Crippen molar-refractivity contribution >= 4 is 17.4 Å². The van der Waals surface area contributed by atoms with E-state index in [9.17, 15) is 14.7 Å². The molecule has 1 atom stereocenters. The van der Waals surface area contributed by atoms with Gasteiger partial charge in [0.1, 0.15) is 5.75 Å². The van der Waals surface area contributed by atoms with Crippen LogP contribution in [-0.2, 0) is 9.59 Å². The zero-order valence-electron chi connectivity index (χ0n) is 16.6. The number of benzene rings is 2. The van der Waals surface area contributed by atoms with Crippen molar-refractivity contribution in [3.05, 3.63) is 71.0 Å². The van der Waals surface area contributed by atoms with Crippen molar-refractivity contribution in [1.82, 2.24) is 0 Å². The first kappa shape index (κ1) is 19.7. The lowest BCUT2D eigenvalue weighted by Crippen LogP contribution is -2.31. The summed E-state index contributed by atoms with van der Waals surface area (Å²) in [5.41, 5.74) is 2.52. The van der Waals surface area contributed by atoms with Gasteiger partial charge in [-0.05, 0) is 30.5 Å². The monoisotopic (exact) mass is 379 g/mol. The first-order valence-corrected chi connectivity index (χ1v) is 9.34. The normalized spacial score (nSPS) is 16.8. The van der Waals surface area contributed by atoms with E-state index in [4.69, 9.17) is 4.74 Å². The fourth-order valence-corrected chi connectivity index (χ4v) is 3.55. The highest BCUT2D eigenvalue weighted by Crippen LogP contribution is 2.42. The van der Waals surface area contributed by atoms with E-state index in [2.05, 4.69) is 0 Å². The van der Waals surface area contributed by atoms with Crippen molar-refractivity contribution in [2.24, 2.45) is 5.92 Å². The second kappa shape index (κ2) is 7.89. The number of aryl methyl sites for hydroxylation is 1.